The van der Waals surface area contributed by atoms with Crippen molar-refractivity contribution in [2.45, 2.75) is 6.92 Å². The van der Waals surface area contributed by atoms with Crippen LogP contribution in [0.5, 0.6) is 11.5 Å². The summed E-state index contributed by atoms with van der Waals surface area (Å²) in [5.74, 6) is 1.70. The zero-order valence-electron chi connectivity index (χ0n) is 11.3. The van der Waals surface area contributed by atoms with Crippen LogP contribution in [0.25, 0.3) is 6.08 Å². The lowest BCUT2D eigenvalue weighted by Crippen LogP contribution is -1.97. The monoisotopic (exact) mass is 266 g/mol. The van der Waals surface area contributed by atoms with Gasteiger partial charge in [-0.15, -0.1) is 0 Å². The summed E-state index contributed by atoms with van der Waals surface area (Å²) in [6.45, 7) is 1.97. The van der Waals surface area contributed by atoms with Gasteiger partial charge < -0.3 is 9.47 Å². The Morgan fingerprint density at radius 2 is 1.85 bits per heavy atom. The molecular formula is C17H14O3. The van der Waals surface area contributed by atoms with Crippen molar-refractivity contribution in [2.24, 2.45) is 0 Å². The molecule has 1 heterocycles. The zero-order valence-corrected chi connectivity index (χ0v) is 11.3. The van der Waals surface area contributed by atoms with Crippen molar-refractivity contribution in [3.8, 4) is 11.5 Å². The molecule has 2 aromatic carbocycles. The summed E-state index contributed by atoms with van der Waals surface area (Å²) in [4.78, 5) is 12.2. The molecule has 0 saturated heterocycles. The van der Waals surface area contributed by atoms with Crippen LogP contribution in [0, 0.1) is 6.92 Å². The number of carbonyl (C=O) groups excluding carboxylic acids is 1. The second-order valence-corrected chi connectivity index (χ2v) is 4.71. The minimum atomic E-state index is -0.0733. The molecule has 0 aliphatic carbocycles. The standard InChI is InChI=1S/C17H14O3/c1-11-3-8-14-15(9-11)20-16(17(14)18)10-12-4-6-13(19-2)7-5-12/h3-10H,1-2H3/b16-10-. The highest BCUT2D eigenvalue weighted by Gasteiger charge is 2.26. The van der Waals surface area contributed by atoms with E-state index < -0.39 is 0 Å². The molecule has 3 nitrogen and oxygen atoms in total. The van der Waals surface area contributed by atoms with Gasteiger partial charge in [0.15, 0.2) is 5.76 Å². The Morgan fingerprint density at radius 3 is 2.55 bits per heavy atom. The summed E-state index contributed by atoms with van der Waals surface area (Å²) in [5.41, 5.74) is 2.59. The Morgan fingerprint density at radius 1 is 1.10 bits per heavy atom. The van der Waals surface area contributed by atoms with Crippen molar-refractivity contribution in [1.82, 2.24) is 0 Å². The van der Waals surface area contributed by atoms with Gasteiger partial charge in [0.1, 0.15) is 11.5 Å². The molecule has 3 heteroatoms. The number of aryl methyl sites for hydroxylation is 1. The summed E-state index contributed by atoms with van der Waals surface area (Å²) in [6.07, 6.45) is 1.75. The summed E-state index contributed by atoms with van der Waals surface area (Å²) >= 11 is 0. The highest BCUT2D eigenvalue weighted by molar-refractivity contribution is 6.14. The van der Waals surface area contributed by atoms with Crippen LogP contribution in [0.3, 0.4) is 0 Å². The first-order valence-electron chi connectivity index (χ1n) is 6.36. The number of ether oxygens (including phenoxy) is 2. The van der Waals surface area contributed by atoms with E-state index in [1.54, 1.807) is 13.2 Å². The number of benzene rings is 2. The number of rotatable bonds is 2. The van der Waals surface area contributed by atoms with E-state index in [1.807, 2.05) is 49.4 Å². The van der Waals surface area contributed by atoms with Crippen LogP contribution in [-0.2, 0) is 0 Å². The van der Waals surface area contributed by atoms with Crippen LogP contribution in [0.4, 0.5) is 0 Å². The first-order chi connectivity index (χ1) is 9.67. The van der Waals surface area contributed by atoms with Crippen molar-refractivity contribution in [3.05, 3.63) is 64.9 Å². The quantitative estimate of drug-likeness (QED) is 0.779. The highest BCUT2D eigenvalue weighted by atomic mass is 16.5. The Kier molecular flexibility index (Phi) is 3.03. The molecule has 0 fully saturated rings. The topological polar surface area (TPSA) is 35.5 Å². The van der Waals surface area contributed by atoms with Gasteiger partial charge in [0.05, 0.1) is 12.7 Å². The number of Topliss-reactive ketones (excluding diaryl/α,β-unsaturated/α-hetero) is 1. The van der Waals surface area contributed by atoms with Crippen LogP contribution < -0.4 is 9.47 Å². The van der Waals surface area contributed by atoms with Crippen molar-refractivity contribution in [3.63, 3.8) is 0 Å². The van der Waals surface area contributed by atoms with E-state index in [0.29, 0.717) is 17.1 Å². The molecule has 0 N–H and O–H groups in total. The van der Waals surface area contributed by atoms with Gasteiger partial charge >= 0.3 is 0 Å². The van der Waals surface area contributed by atoms with Crippen molar-refractivity contribution >= 4 is 11.9 Å². The summed E-state index contributed by atoms with van der Waals surface area (Å²) in [5, 5.41) is 0. The summed E-state index contributed by atoms with van der Waals surface area (Å²) < 4.78 is 10.7. The molecule has 20 heavy (non-hydrogen) atoms. The van der Waals surface area contributed by atoms with Gasteiger partial charge in [-0.1, -0.05) is 18.2 Å². The van der Waals surface area contributed by atoms with Crippen molar-refractivity contribution < 1.29 is 14.3 Å². The van der Waals surface area contributed by atoms with E-state index in [4.69, 9.17) is 9.47 Å². The van der Waals surface area contributed by atoms with Gasteiger partial charge in [-0.2, -0.15) is 0 Å². The first kappa shape index (κ1) is 12.5. The fraction of sp³-hybridized carbons (Fsp3) is 0.118. The normalized spacial score (nSPS) is 15.1. The Balaban J connectivity index is 1.92. The summed E-state index contributed by atoms with van der Waals surface area (Å²) in [7, 11) is 1.62. The fourth-order valence-electron chi connectivity index (χ4n) is 2.15. The highest BCUT2D eigenvalue weighted by Crippen LogP contribution is 2.32. The smallest absolute Gasteiger partial charge is 0.231 e. The Bertz CT molecular complexity index is 697. The molecule has 0 aromatic heterocycles. The third-order valence-electron chi connectivity index (χ3n) is 3.24. The number of ketones is 1. The minimum absolute atomic E-state index is 0.0733. The number of hydrogen-bond acceptors (Lipinski definition) is 3. The van der Waals surface area contributed by atoms with E-state index in [2.05, 4.69) is 0 Å². The largest absolute Gasteiger partial charge is 0.497 e. The van der Waals surface area contributed by atoms with Crippen LogP contribution >= 0.6 is 0 Å². The summed E-state index contributed by atoms with van der Waals surface area (Å²) in [6, 6.07) is 13.1. The molecule has 0 bridgehead atoms. The van der Waals surface area contributed by atoms with Gasteiger partial charge in [0.2, 0.25) is 5.78 Å². The van der Waals surface area contributed by atoms with Crippen molar-refractivity contribution in [1.29, 1.82) is 0 Å². The number of carbonyl (C=O) groups is 1. The van der Waals surface area contributed by atoms with E-state index in [-0.39, 0.29) is 5.78 Å². The number of fused-ring (bicyclic) bond motifs is 1. The SMILES string of the molecule is COc1ccc(/C=C2\Oc3cc(C)ccc3C2=O)cc1. The molecule has 0 atom stereocenters. The molecule has 0 unspecified atom stereocenters. The molecule has 2 aromatic rings. The molecular weight excluding hydrogens is 252 g/mol. The number of methoxy groups -OCH3 is 1. The number of hydrogen-bond donors (Lipinski definition) is 0. The van der Waals surface area contributed by atoms with E-state index in [0.717, 1.165) is 16.9 Å². The van der Waals surface area contributed by atoms with Gasteiger partial charge in [-0.25, -0.2) is 0 Å². The van der Waals surface area contributed by atoms with Crippen molar-refractivity contribution in [2.75, 3.05) is 7.11 Å². The zero-order chi connectivity index (χ0) is 14.1. The lowest BCUT2D eigenvalue weighted by atomic mass is 10.1. The fourth-order valence-corrected chi connectivity index (χ4v) is 2.15. The third kappa shape index (κ3) is 2.18. The molecule has 0 radical (unpaired) electrons. The molecule has 1 aliphatic heterocycles. The van der Waals surface area contributed by atoms with E-state index >= 15 is 0 Å². The van der Waals surface area contributed by atoms with Crippen LogP contribution in [-0.4, -0.2) is 12.9 Å². The average Bonchev–Trinajstić information content (AvgIpc) is 2.75. The van der Waals surface area contributed by atoms with Gasteiger partial charge in [-0.3, -0.25) is 4.79 Å². The first-order valence-corrected chi connectivity index (χ1v) is 6.36. The van der Waals surface area contributed by atoms with Crippen LogP contribution in [0.2, 0.25) is 0 Å². The second kappa shape index (κ2) is 4.85. The van der Waals surface area contributed by atoms with Crippen LogP contribution in [0.1, 0.15) is 21.5 Å². The average molecular weight is 266 g/mol. The molecule has 0 spiro atoms. The minimum Gasteiger partial charge on any atom is -0.497 e. The Labute approximate surface area is 117 Å². The lowest BCUT2D eigenvalue weighted by molar-refractivity contribution is 0.101. The second-order valence-electron chi connectivity index (χ2n) is 4.71. The Hall–Kier alpha value is -2.55. The van der Waals surface area contributed by atoms with Gasteiger partial charge in [0.25, 0.3) is 0 Å². The maximum Gasteiger partial charge on any atom is 0.231 e. The van der Waals surface area contributed by atoms with Crippen LogP contribution in [0.15, 0.2) is 48.2 Å². The van der Waals surface area contributed by atoms with Gasteiger partial charge in [0, 0.05) is 0 Å². The lowest BCUT2D eigenvalue weighted by Gasteiger charge is -2.01. The third-order valence-corrected chi connectivity index (χ3v) is 3.24. The van der Waals surface area contributed by atoms with E-state index in [1.165, 1.54) is 0 Å². The van der Waals surface area contributed by atoms with E-state index in [9.17, 15) is 4.79 Å². The van der Waals surface area contributed by atoms with Gasteiger partial charge in [-0.05, 0) is 48.4 Å². The maximum atomic E-state index is 12.2. The molecule has 0 saturated carbocycles. The number of allylic oxidation sites excluding steroid dienone is 1. The maximum absolute atomic E-state index is 12.2. The molecule has 3 rings (SSSR count). The molecule has 100 valence electrons. The molecule has 1 aliphatic rings. The predicted octanol–water partition coefficient (Wildman–Crippen LogP) is 3.62. The molecule has 0 amide bonds. The predicted molar refractivity (Wildman–Crippen MR) is 77.1 cm³/mol.